The number of aryl methyl sites for hydroxylation is 1. The number of hydrogen-bond donors (Lipinski definition) is 0. The molecule has 4 rings (SSSR count). The summed E-state index contributed by atoms with van der Waals surface area (Å²) >= 11 is 0. The van der Waals surface area contributed by atoms with Crippen molar-refractivity contribution >= 4 is 5.69 Å². The fourth-order valence-corrected chi connectivity index (χ4v) is 5.97. The van der Waals surface area contributed by atoms with Crippen LogP contribution in [0.1, 0.15) is 102 Å². The molecule has 0 radical (unpaired) electrons. The largest absolute Gasteiger partial charge is 0.487 e. The third-order valence-corrected chi connectivity index (χ3v) is 8.49. The molecule has 2 aliphatic heterocycles. The summed E-state index contributed by atoms with van der Waals surface area (Å²) in [4.78, 5) is 13.1. The molecule has 0 spiro atoms. The number of allylic oxidation sites excluding steroid dienone is 6. The molecule has 0 N–H and O–H groups in total. The first kappa shape index (κ1) is 31.6. The van der Waals surface area contributed by atoms with Crippen LogP contribution in [0, 0.1) is 17.0 Å². The monoisotopic (exact) mass is 572 g/mol. The Hall–Kier alpha value is -3.38. The predicted octanol–water partition coefficient (Wildman–Crippen LogP) is 9.54. The lowest BCUT2D eigenvalue weighted by atomic mass is 9.85. The second-order valence-corrected chi connectivity index (χ2v) is 12.7. The summed E-state index contributed by atoms with van der Waals surface area (Å²) in [5, 5.41) is 11.2. The van der Waals surface area contributed by atoms with Crippen molar-refractivity contribution in [3.8, 4) is 11.5 Å². The number of ether oxygens (including phenoxy) is 2. The zero-order valence-electron chi connectivity index (χ0n) is 26.4. The molecule has 2 heterocycles. The van der Waals surface area contributed by atoms with Gasteiger partial charge in [-0.15, -0.1) is 0 Å². The molecule has 1 atom stereocenters. The Balaban J connectivity index is 1.34. The zero-order valence-corrected chi connectivity index (χ0v) is 26.4. The van der Waals surface area contributed by atoms with E-state index in [2.05, 4.69) is 70.7 Å². The van der Waals surface area contributed by atoms with Gasteiger partial charge in [-0.3, -0.25) is 15.0 Å². The lowest BCUT2D eigenvalue weighted by Crippen LogP contribution is -2.38. The molecule has 2 aromatic carbocycles. The molecule has 0 aliphatic carbocycles. The molecule has 0 fully saturated rings. The Morgan fingerprint density at radius 1 is 1.02 bits per heavy atom. The van der Waals surface area contributed by atoms with Gasteiger partial charge in [0.2, 0.25) is 0 Å². The lowest BCUT2D eigenvalue weighted by Gasteiger charge is -2.39. The average Bonchev–Trinajstić information content (AvgIpc) is 2.93. The minimum atomic E-state index is -0.344. The fourth-order valence-electron chi connectivity index (χ4n) is 5.97. The van der Waals surface area contributed by atoms with Crippen LogP contribution in [0.4, 0.5) is 5.69 Å². The van der Waals surface area contributed by atoms with E-state index < -0.39 is 0 Å². The van der Waals surface area contributed by atoms with E-state index in [1.165, 1.54) is 33.9 Å². The van der Waals surface area contributed by atoms with Gasteiger partial charge in [0.1, 0.15) is 23.8 Å². The topological polar surface area (TPSA) is 64.8 Å². The Kier molecular flexibility index (Phi) is 10.7. The van der Waals surface area contributed by atoms with Gasteiger partial charge in [0, 0.05) is 36.3 Å². The molecule has 0 amide bonds. The summed E-state index contributed by atoms with van der Waals surface area (Å²) in [5.74, 6) is 1.95. The van der Waals surface area contributed by atoms with E-state index in [0.717, 1.165) is 80.5 Å². The molecule has 0 saturated carbocycles. The van der Waals surface area contributed by atoms with Gasteiger partial charge in [-0.1, -0.05) is 47.1 Å². The highest BCUT2D eigenvalue weighted by Gasteiger charge is 2.35. The van der Waals surface area contributed by atoms with Crippen LogP contribution in [-0.2, 0) is 19.5 Å². The van der Waals surface area contributed by atoms with E-state index in [1.54, 1.807) is 12.1 Å². The highest BCUT2D eigenvalue weighted by atomic mass is 16.6. The summed E-state index contributed by atoms with van der Waals surface area (Å²) in [6.45, 7) is 15.0. The standard InChI is InChI=1S/C36H48N2O4/c1-26(2)11-7-12-27(3)13-8-14-28(4)15-10-19-36(6)20-18-32-33-24-37(23-30-16-9-17-31(22-30)38(39)40)25-41-34(33)21-29(5)35(32)42-36/h9,11,13,15-17,21-22H,7-8,10,12,14,18-20,23-25H2,1-6H3. The Morgan fingerprint density at radius 2 is 1.74 bits per heavy atom. The molecule has 0 saturated heterocycles. The maximum Gasteiger partial charge on any atom is 0.269 e. The van der Waals surface area contributed by atoms with Crippen molar-refractivity contribution in [1.82, 2.24) is 4.90 Å². The molecule has 6 heteroatoms. The normalized spacial score (nSPS) is 18.9. The number of rotatable bonds is 12. The zero-order chi connectivity index (χ0) is 30.3. The van der Waals surface area contributed by atoms with Crippen LogP contribution in [0.2, 0.25) is 0 Å². The molecular weight excluding hydrogens is 524 g/mol. The first-order chi connectivity index (χ1) is 20.0. The minimum absolute atomic E-state index is 0.120. The van der Waals surface area contributed by atoms with Gasteiger partial charge < -0.3 is 9.47 Å². The van der Waals surface area contributed by atoms with Gasteiger partial charge in [-0.25, -0.2) is 0 Å². The third-order valence-electron chi connectivity index (χ3n) is 8.49. The number of fused-ring (bicyclic) bond motifs is 3. The average molecular weight is 573 g/mol. The molecule has 42 heavy (non-hydrogen) atoms. The highest BCUT2D eigenvalue weighted by Crippen LogP contribution is 2.44. The smallest absolute Gasteiger partial charge is 0.269 e. The number of benzene rings is 2. The van der Waals surface area contributed by atoms with E-state index in [9.17, 15) is 10.1 Å². The predicted molar refractivity (Wildman–Crippen MR) is 171 cm³/mol. The van der Waals surface area contributed by atoms with E-state index in [-0.39, 0.29) is 16.2 Å². The SMILES string of the molecule is CC(C)=CCCC(C)=CCCC(C)=CCCC1(C)CCc2c3c(cc(C)c2O1)OCN(Cc1cccc([N+](=O)[O-])c1)C3. The summed E-state index contributed by atoms with van der Waals surface area (Å²) in [6.07, 6.45) is 15.6. The molecule has 2 aliphatic rings. The van der Waals surface area contributed by atoms with Crippen LogP contribution in [-0.4, -0.2) is 22.2 Å². The molecule has 6 nitrogen and oxygen atoms in total. The van der Waals surface area contributed by atoms with Crippen molar-refractivity contribution in [3.63, 3.8) is 0 Å². The fraction of sp³-hybridized carbons (Fsp3) is 0.500. The number of nitro benzene ring substituents is 1. The molecular formula is C36H48N2O4. The van der Waals surface area contributed by atoms with Gasteiger partial charge in [-0.2, -0.15) is 0 Å². The summed E-state index contributed by atoms with van der Waals surface area (Å²) in [5.41, 5.74) is 8.74. The molecule has 2 aromatic rings. The molecule has 0 aromatic heterocycles. The second-order valence-electron chi connectivity index (χ2n) is 12.7. The summed E-state index contributed by atoms with van der Waals surface area (Å²) in [7, 11) is 0. The van der Waals surface area contributed by atoms with Gasteiger partial charge >= 0.3 is 0 Å². The van der Waals surface area contributed by atoms with E-state index in [1.807, 2.05) is 6.07 Å². The van der Waals surface area contributed by atoms with Crippen molar-refractivity contribution in [2.45, 2.75) is 112 Å². The van der Waals surface area contributed by atoms with Crippen molar-refractivity contribution < 1.29 is 14.4 Å². The van der Waals surface area contributed by atoms with Crippen molar-refractivity contribution in [2.75, 3.05) is 6.73 Å². The second kappa shape index (κ2) is 14.2. The van der Waals surface area contributed by atoms with E-state index in [4.69, 9.17) is 9.47 Å². The number of hydrogen-bond acceptors (Lipinski definition) is 5. The van der Waals surface area contributed by atoms with Crippen molar-refractivity contribution in [2.24, 2.45) is 0 Å². The molecule has 226 valence electrons. The quantitative estimate of drug-likeness (QED) is 0.144. The summed E-state index contributed by atoms with van der Waals surface area (Å²) in [6, 6.07) is 8.97. The number of nitrogens with zero attached hydrogens (tertiary/aromatic N) is 2. The maximum absolute atomic E-state index is 11.2. The molecule has 0 bridgehead atoms. The Morgan fingerprint density at radius 3 is 2.45 bits per heavy atom. The van der Waals surface area contributed by atoms with E-state index >= 15 is 0 Å². The Bertz CT molecular complexity index is 1370. The van der Waals surface area contributed by atoms with Gasteiger partial charge in [0.15, 0.2) is 0 Å². The van der Waals surface area contributed by atoms with Crippen LogP contribution in [0.25, 0.3) is 0 Å². The molecule has 1 unspecified atom stereocenters. The summed E-state index contributed by atoms with van der Waals surface area (Å²) < 4.78 is 12.9. The van der Waals surface area contributed by atoms with Gasteiger partial charge in [0.25, 0.3) is 5.69 Å². The minimum Gasteiger partial charge on any atom is -0.487 e. The first-order valence-corrected chi connectivity index (χ1v) is 15.4. The first-order valence-electron chi connectivity index (χ1n) is 15.4. The van der Waals surface area contributed by atoms with E-state index in [0.29, 0.717) is 13.3 Å². The Labute approximate surface area is 252 Å². The lowest BCUT2D eigenvalue weighted by molar-refractivity contribution is -0.384. The van der Waals surface area contributed by atoms with Crippen LogP contribution >= 0.6 is 0 Å². The van der Waals surface area contributed by atoms with Crippen LogP contribution in [0.5, 0.6) is 11.5 Å². The highest BCUT2D eigenvalue weighted by molar-refractivity contribution is 5.55. The van der Waals surface area contributed by atoms with Crippen molar-refractivity contribution in [1.29, 1.82) is 0 Å². The maximum atomic E-state index is 11.2. The van der Waals surface area contributed by atoms with Gasteiger partial charge in [-0.05, 0) is 110 Å². The number of nitro groups is 1. The number of non-ortho nitro benzene ring substituents is 1. The van der Waals surface area contributed by atoms with Crippen LogP contribution in [0.3, 0.4) is 0 Å². The van der Waals surface area contributed by atoms with Crippen molar-refractivity contribution in [3.05, 3.63) is 97.6 Å². The third kappa shape index (κ3) is 8.57. The van der Waals surface area contributed by atoms with Gasteiger partial charge in [0.05, 0.1) is 4.92 Å². The van der Waals surface area contributed by atoms with Crippen LogP contribution < -0.4 is 9.47 Å². The van der Waals surface area contributed by atoms with Crippen LogP contribution in [0.15, 0.2) is 65.3 Å².